The van der Waals surface area contributed by atoms with Crippen molar-refractivity contribution in [3.63, 3.8) is 0 Å². The molecule has 2 aromatic rings. The van der Waals surface area contributed by atoms with Crippen molar-refractivity contribution >= 4 is 27.5 Å². The number of benzene rings is 1. The Kier molecular flexibility index (Phi) is 4.26. The maximum atomic E-state index is 13.2. The van der Waals surface area contributed by atoms with Crippen molar-refractivity contribution in [3.05, 3.63) is 72.0 Å². The Bertz CT molecular complexity index is 1170. The van der Waals surface area contributed by atoms with Gasteiger partial charge in [0.1, 0.15) is 11.6 Å². The molecule has 28 heavy (non-hydrogen) atoms. The molecule has 2 aliphatic rings. The van der Waals surface area contributed by atoms with Gasteiger partial charge in [-0.05, 0) is 22.6 Å². The molecule has 4 rings (SSSR count). The minimum absolute atomic E-state index is 0.152. The minimum Gasteiger partial charge on any atom is -0.344 e. The highest BCUT2D eigenvalue weighted by atomic mass is 79.9. The minimum atomic E-state index is -0.408. The normalized spacial score (nSPS) is 20.5. The van der Waals surface area contributed by atoms with Gasteiger partial charge in [0, 0.05) is 43.0 Å². The molecular weight excluding hydrogens is 422 g/mol. The van der Waals surface area contributed by atoms with Crippen LogP contribution in [0.5, 0.6) is 0 Å². The van der Waals surface area contributed by atoms with Crippen molar-refractivity contribution in [2.75, 3.05) is 5.32 Å². The molecule has 1 N–H and O–H groups in total. The fourth-order valence-electron chi connectivity index (χ4n) is 4.62. The van der Waals surface area contributed by atoms with Crippen LogP contribution >= 0.6 is 15.9 Å². The summed E-state index contributed by atoms with van der Waals surface area (Å²) in [6, 6.07) is 7.81. The highest BCUT2D eigenvalue weighted by Crippen LogP contribution is 2.52. The van der Waals surface area contributed by atoms with Gasteiger partial charge >= 0.3 is 5.69 Å². The van der Waals surface area contributed by atoms with Crippen LogP contribution in [-0.2, 0) is 18.9 Å². The molecule has 0 bridgehead atoms. The number of halogens is 1. The first kappa shape index (κ1) is 18.9. The van der Waals surface area contributed by atoms with Crippen molar-refractivity contribution in [1.82, 2.24) is 9.13 Å². The smallest absolute Gasteiger partial charge is 0.332 e. The molecule has 6 nitrogen and oxygen atoms in total. The molecule has 1 unspecified atom stereocenters. The second kappa shape index (κ2) is 6.30. The second-order valence-electron chi connectivity index (χ2n) is 8.22. The van der Waals surface area contributed by atoms with Crippen molar-refractivity contribution in [3.8, 4) is 0 Å². The van der Waals surface area contributed by atoms with Crippen LogP contribution in [0.3, 0.4) is 0 Å². The molecule has 1 aromatic heterocycles. The van der Waals surface area contributed by atoms with Gasteiger partial charge in [-0.25, -0.2) is 4.79 Å². The number of ketones is 1. The van der Waals surface area contributed by atoms with Crippen LogP contribution in [0.25, 0.3) is 0 Å². The van der Waals surface area contributed by atoms with E-state index in [-0.39, 0.29) is 23.7 Å². The summed E-state index contributed by atoms with van der Waals surface area (Å²) >= 11 is 3.64. The van der Waals surface area contributed by atoms with E-state index in [1.807, 2.05) is 38.1 Å². The van der Waals surface area contributed by atoms with Crippen LogP contribution in [0.15, 0.2) is 49.6 Å². The van der Waals surface area contributed by atoms with Gasteiger partial charge < -0.3 is 5.32 Å². The van der Waals surface area contributed by atoms with E-state index in [2.05, 4.69) is 21.2 Å². The zero-order valence-electron chi connectivity index (χ0n) is 16.3. The third kappa shape index (κ3) is 2.64. The molecule has 0 fully saturated rings. The lowest BCUT2D eigenvalue weighted by molar-refractivity contribution is -0.120. The molecule has 7 heteroatoms. The number of rotatable bonds is 1. The topological polar surface area (TPSA) is 73.1 Å². The monoisotopic (exact) mass is 443 g/mol. The molecule has 146 valence electrons. The average molecular weight is 444 g/mol. The van der Waals surface area contributed by atoms with Crippen molar-refractivity contribution in [2.24, 2.45) is 19.5 Å². The molecule has 1 aromatic carbocycles. The lowest BCUT2D eigenvalue weighted by atomic mass is 9.65. The maximum absolute atomic E-state index is 13.2. The van der Waals surface area contributed by atoms with Crippen LogP contribution in [0.1, 0.15) is 43.7 Å². The van der Waals surface area contributed by atoms with Gasteiger partial charge in [-0.1, -0.05) is 48.0 Å². The third-order valence-corrected chi connectivity index (χ3v) is 6.55. The third-order valence-electron chi connectivity index (χ3n) is 5.83. The summed E-state index contributed by atoms with van der Waals surface area (Å²) in [5.74, 6) is 0.285. The molecular formula is C21H22BrN3O3. The number of allylic oxidation sites excluding steroid dienone is 2. The summed E-state index contributed by atoms with van der Waals surface area (Å²) in [5, 5.41) is 3.27. The van der Waals surface area contributed by atoms with E-state index in [9.17, 15) is 14.4 Å². The van der Waals surface area contributed by atoms with Crippen LogP contribution in [0.4, 0.5) is 5.82 Å². The molecule has 1 aliphatic heterocycles. The first-order valence-corrected chi connectivity index (χ1v) is 9.99. The Morgan fingerprint density at radius 1 is 1.11 bits per heavy atom. The highest BCUT2D eigenvalue weighted by Gasteiger charge is 2.44. The quantitative estimate of drug-likeness (QED) is 0.734. The van der Waals surface area contributed by atoms with E-state index in [1.54, 1.807) is 7.05 Å². The Morgan fingerprint density at radius 2 is 1.79 bits per heavy atom. The number of anilines is 1. The Hall–Kier alpha value is -2.41. The molecule has 0 radical (unpaired) electrons. The van der Waals surface area contributed by atoms with E-state index >= 15 is 0 Å². The summed E-state index contributed by atoms with van der Waals surface area (Å²) in [5.41, 5.74) is 2.22. The zero-order valence-corrected chi connectivity index (χ0v) is 17.9. The average Bonchev–Trinajstić information content (AvgIpc) is 2.62. The van der Waals surface area contributed by atoms with Gasteiger partial charge in [-0.2, -0.15) is 0 Å². The predicted octanol–water partition coefficient (Wildman–Crippen LogP) is 3.05. The standard InChI is InChI=1S/C21H22BrN3O3/c1-21(2)10-11(26)9-14-17(21)15(12-7-5-6-8-13(12)22)16-18(23-14)24(3)20(28)25(4)19(16)27/h5-8,15,23H,9-10H2,1-4H3. The predicted molar refractivity (Wildman–Crippen MR) is 112 cm³/mol. The molecule has 0 amide bonds. The number of carbonyl (C=O) groups excluding carboxylic acids is 1. The molecule has 0 saturated carbocycles. The molecule has 0 saturated heterocycles. The number of hydrogen-bond donors (Lipinski definition) is 1. The van der Waals surface area contributed by atoms with E-state index in [4.69, 9.17) is 0 Å². The first-order chi connectivity index (χ1) is 13.1. The van der Waals surface area contributed by atoms with Crippen molar-refractivity contribution < 1.29 is 4.79 Å². The van der Waals surface area contributed by atoms with Gasteiger partial charge in [-0.15, -0.1) is 0 Å². The van der Waals surface area contributed by atoms with Crippen molar-refractivity contribution in [1.29, 1.82) is 0 Å². The van der Waals surface area contributed by atoms with E-state index in [0.717, 1.165) is 25.9 Å². The Balaban J connectivity index is 2.14. The van der Waals surface area contributed by atoms with E-state index < -0.39 is 11.1 Å². The van der Waals surface area contributed by atoms with E-state index in [0.29, 0.717) is 17.8 Å². The highest BCUT2D eigenvalue weighted by molar-refractivity contribution is 9.10. The number of nitrogens with one attached hydrogen (secondary N) is 1. The maximum Gasteiger partial charge on any atom is 0.332 e. The van der Waals surface area contributed by atoms with Crippen LogP contribution < -0.4 is 16.6 Å². The number of Topliss-reactive ketones (excluding diaryl/α,β-unsaturated/α-hetero) is 1. The number of fused-ring (bicyclic) bond motifs is 1. The van der Waals surface area contributed by atoms with E-state index in [1.165, 1.54) is 11.6 Å². The summed E-state index contributed by atoms with van der Waals surface area (Å²) in [7, 11) is 3.15. The molecule has 1 aliphatic carbocycles. The van der Waals surface area contributed by atoms with Crippen LogP contribution in [-0.4, -0.2) is 14.9 Å². The number of hydrogen-bond acceptors (Lipinski definition) is 4. The SMILES string of the molecule is Cn1c2c(c(=O)n(C)c1=O)C(c1ccccc1Br)C1=C(CC(=O)CC1(C)C)N2. The van der Waals surface area contributed by atoms with Crippen LogP contribution in [0, 0.1) is 5.41 Å². The second-order valence-corrected chi connectivity index (χ2v) is 9.07. The summed E-state index contributed by atoms with van der Waals surface area (Å²) in [4.78, 5) is 38.2. The van der Waals surface area contributed by atoms with Gasteiger partial charge in [0.25, 0.3) is 5.56 Å². The number of carbonyl (C=O) groups is 1. The van der Waals surface area contributed by atoms with Gasteiger partial charge in [0.2, 0.25) is 0 Å². The lowest BCUT2D eigenvalue weighted by Gasteiger charge is -2.43. The fraction of sp³-hybridized carbons (Fsp3) is 0.381. The largest absolute Gasteiger partial charge is 0.344 e. The number of nitrogens with zero attached hydrogens (tertiary/aromatic N) is 2. The van der Waals surface area contributed by atoms with Crippen molar-refractivity contribution in [2.45, 2.75) is 32.6 Å². The molecule has 1 atom stereocenters. The molecule has 0 spiro atoms. The zero-order chi connectivity index (χ0) is 20.4. The summed E-state index contributed by atoms with van der Waals surface area (Å²) < 4.78 is 3.50. The number of aromatic nitrogens is 2. The van der Waals surface area contributed by atoms with Gasteiger partial charge in [0.15, 0.2) is 0 Å². The fourth-order valence-corrected chi connectivity index (χ4v) is 5.13. The first-order valence-electron chi connectivity index (χ1n) is 9.20. The molecule has 2 heterocycles. The van der Waals surface area contributed by atoms with Gasteiger partial charge in [-0.3, -0.25) is 18.7 Å². The Morgan fingerprint density at radius 3 is 2.46 bits per heavy atom. The Labute approximate surface area is 171 Å². The summed E-state index contributed by atoms with van der Waals surface area (Å²) in [6.07, 6.45) is 0.707. The lowest BCUT2D eigenvalue weighted by Crippen LogP contribution is -2.45. The van der Waals surface area contributed by atoms with Crippen LogP contribution in [0.2, 0.25) is 0 Å². The summed E-state index contributed by atoms with van der Waals surface area (Å²) in [6.45, 7) is 4.09. The van der Waals surface area contributed by atoms with Gasteiger partial charge in [0.05, 0.1) is 5.56 Å².